The molecule has 0 spiro atoms. The van der Waals surface area contributed by atoms with E-state index in [0.717, 1.165) is 29.5 Å². The van der Waals surface area contributed by atoms with Crippen LogP contribution < -0.4 is 5.32 Å². The summed E-state index contributed by atoms with van der Waals surface area (Å²) in [6.45, 7) is 11.5. The topological polar surface area (TPSA) is 115 Å². The molecule has 2 heterocycles. The van der Waals surface area contributed by atoms with Gasteiger partial charge in [-0.05, 0) is 82.8 Å². The average Bonchev–Trinajstić information content (AvgIpc) is 3.03. The van der Waals surface area contributed by atoms with Crippen molar-refractivity contribution in [1.29, 1.82) is 0 Å². The van der Waals surface area contributed by atoms with Crippen LogP contribution >= 0.6 is 15.9 Å². The van der Waals surface area contributed by atoms with Gasteiger partial charge in [-0.25, -0.2) is 0 Å². The van der Waals surface area contributed by atoms with Gasteiger partial charge >= 0.3 is 0 Å². The molecule has 11 atom stereocenters. The number of hydrogen-bond donors (Lipinski definition) is 4. The molecule has 2 aromatic carbocycles. The first kappa shape index (κ1) is 38.9. The third kappa shape index (κ3) is 10.6. The molecule has 2 saturated heterocycles. The Morgan fingerprint density at radius 3 is 2.33 bits per heavy atom. The number of halogens is 1. The van der Waals surface area contributed by atoms with Crippen molar-refractivity contribution >= 4 is 21.8 Å². The van der Waals surface area contributed by atoms with Crippen LogP contribution in [0.15, 0.2) is 59.1 Å². The molecule has 268 valence electrons. The summed E-state index contributed by atoms with van der Waals surface area (Å²) in [6.07, 6.45) is -1.75. The van der Waals surface area contributed by atoms with Gasteiger partial charge in [0, 0.05) is 42.1 Å². The monoisotopic (exact) mass is 731 g/mol. The number of carbonyl (C=O) groups is 1. The Balaban J connectivity index is 1.66. The van der Waals surface area contributed by atoms with E-state index in [1.165, 1.54) is 5.56 Å². The Labute approximate surface area is 296 Å². The molecule has 4 N–H and O–H groups in total. The molecule has 0 aliphatic carbocycles. The highest BCUT2D eigenvalue weighted by molar-refractivity contribution is 9.10. The molecule has 9 nitrogen and oxygen atoms in total. The van der Waals surface area contributed by atoms with Crippen LogP contribution in [0.3, 0.4) is 0 Å². The van der Waals surface area contributed by atoms with Crippen molar-refractivity contribution in [1.82, 2.24) is 15.1 Å². The van der Waals surface area contributed by atoms with Gasteiger partial charge in [-0.15, -0.1) is 0 Å². The molecular formula is C38H58BrN3O6. The Bertz CT molecular complexity index is 1280. The normalized spacial score (nSPS) is 36.4. The van der Waals surface area contributed by atoms with Crippen LogP contribution in [0, 0.1) is 17.8 Å². The lowest BCUT2D eigenvalue weighted by molar-refractivity contribution is -0.299. The number of carbonyl (C=O) groups excluding carboxylic acids is 1. The van der Waals surface area contributed by atoms with Crippen LogP contribution in [-0.2, 0) is 27.2 Å². The van der Waals surface area contributed by atoms with Gasteiger partial charge in [0.2, 0.25) is 5.91 Å². The van der Waals surface area contributed by atoms with Crippen LogP contribution in [0.5, 0.6) is 0 Å². The zero-order chi connectivity index (χ0) is 35.2. The van der Waals surface area contributed by atoms with Crippen molar-refractivity contribution in [2.75, 3.05) is 27.2 Å². The van der Waals surface area contributed by atoms with Gasteiger partial charge in [0.05, 0.1) is 29.8 Å². The highest BCUT2D eigenvalue weighted by atomic mass is 79.9. The Morgan fingerprint density at radius 2 is 1.69 bits per heavy atom. The number of aliphatic hydroxyl groups excluding tert-OH is 2. The zero-order valence-electron chi connectivity index (χ0n) is 29.8. The van der Waals surface area contributed by atoms with E-state index in [1.54, 1.807) is 13.8 Å². The number of ether oxygens (including phenoxy) is 2. The fourth-order valence-electron chi connectivity index (χ4n) is 7.63. The zero-order valence-corrected chi connectivity index (χ0v) is 31.3. The van der Waals surface area contributed by atoms with Crippen molar-refractivity contribution in [3.8, 4) is 0 Å². The van der Waals surface area contributed by atoms with Gasteiger partial charge in [-0.2, -0.15) is 0 Å². The number of hydrogen-bond acceptors (Lipinski definition) is 8. The maximum absolute atomic E-state index is 13.8. The van der Waals surface area contributed by atoms with Gasteiger partial charge in [0.25, 0.3) is 0 Å². The van der Waals surface area contributed by atoms with Crippen molar-refractivity contribution in [2.45, 2.75) is 115 Å². The SMILES string of the molecule is C[C@H]1CN(Cc2ccc(Br)cc2)CCC(Cc2ccccc2)NC(=O)[C@H](C)[C@@H](O)[C@H](C)[C@@H](O[C@@H]2O[C@H](C)C[C@H](N(C)C)[C@H]2O)[C@](C)(O)C1. The third-order valence-electron chi connectivity index (χ3n) is 10.2. The Kier molecular flexibility index (Phi) is 14.1. The molecule has 1 unspecified atom stereocenters. The lowest BCUT2D eigenvalue weighted by Crippen LogP contribution is -2.59. The summed E-state index contributed by atoms with van der Waals surface area (Å²) in [6, 6.07) is 18.2. The third-order valence-corrected chi connectivity index (χ3v) is 10.8. The molecule has 10 heteroatoms. The minimum absolute atomic E-state index is 0.0547. The van der Waals surface area contributed by atoms with Gasteiger partial charge in [0.15, 0.2) is 6.29 Å². The number of nitrogens with zero attached hydrogens (tertiary/aromatic N) is 2. The second-order valence-corrected chi connectivity index (χ2v) is 15.9. The second-order valence-electron chi connectivity index (χ2n) is 15.0. The van der Waals surface area contributed by atoms with Gasteiger partial charge < -0.3 is 35.0 Å². The first-order valence-electron chi connectivity index (χ1n) is 17.5. The maximum atomic E-state index is 13.8. The number of likely N-dealkylation sites (N-methyl/N-ethyl adjacent to an activating group) is 1. The number of amides is 1. The Hall–Kier alpha value is -1.89. The smallest absolute Gasteiger partial charge is 0.225 e. The molecule has 4 rings (SSSR count). The van der Waals surface area contributed by atoms with Gasteiger partial charge in [-0.1, -0.05) is 79.2 Å². The van der Waals surface area contributed by atoms with Crippen molar-refractivity contribution in [3.63, 3.8) is 0 Å². The molecule has 2 aromatic rings. The molecule has 1 amide bonds. The van der Waals surface area contributed by atoms with Crippen LogP contribution in [0.25, 0.3) is 0 Å². The standard InChI is InChI=1S/C38H58BrN3O6/c1-24-21-38(5,46)35(48-37-34(44)32(41(6)7)19-25(2)47-37)26(3)33(43)27(4)36(45)40-31(20-28-11-9-8-10-12-28)17-18-42(22-24)23-29-13-15-30(39)16-14-29/h8-16,24-27,31-35,37,43-44,46H,17-23H2,1-7H3,(H,40,45)/t24-,25-,26+,27-,31?,32+,33+,34-,35-,37+,38-/m1/s1. The van der Waals surface area contributed by atoms with E-state index in [4.69, 9.17) is 9.47 Å². The lowest BCUT2D eigenvalue weighted by Gasteiger charge is -2.47. The largest absolute Gasteiger partial charge is 0.392 e. The van der Waals surface area contributed by atoms with Crippen molar-refractivity contribution in [3.05, 3.63) is 70.2 Å². The minimum atomic E-state index is -1.41. The molecule has 0 bridgehead atoms. The first-order chi connectivity index (χ1) is 22.6. The van der Waals surface area contributed by atoms with E-state index >= 15 is 0 Å². The summed E-state index contributed by atoms with van der Waals surface area (Å²) in [4.78, 5) is 18.2. The first-order valence-corrected chi connectivity index (χ1v) is 18.3. The van der Waals surface area contributed by atoms with Crippen LogP contribution in [-0.4, -0.2) is 107 Å². The quantitative estimate of drug-likeness (QED) is 0.327. The highest BCUT2D eigenvalue weighted by Gasteiger charge is 2.47. The van der Waals surface area contributed by atoms with E-state index in [1.807, 2.05) is 63.2 Å². The molecule has 0 radical (unpaired) electrons. The molecule has 2 aliphatic rings. The lowest BCUT2D eigenvalue weighted by atomic mass is 9.77. The summed E-state index contributed by atoms with van der Waals surface area (Å²) >= 11 is 3.54. The van der Waals surface area contributed by atoms with E-state index in [9.17, 15) is 20.1 Å². The second kappa shape index (κ2) is 17.4. The molecule has 0 saturated carbocycles. The minimum Gasteiger partial charge on any atom is -0.392 e. The maximum Gasteiger partial charge on any atom is 0.225 e. The van der Waals surface area contributed by atoms with Crippen molar-refractivity contribution < 1.29 is 29.6 Å². The van der Waals surface area contributed by atoms with E-state index in [0.29, 0.717) is 25.8 Å². The fourth-order valence-corrected chi connectivity index (χ4v) is 7.89. The molecule has 0 aromatic heterocycles. The van der Waals surface area contributed by atoms with Crippen molar-refractivity contribution in [2.24, 2.45) is 17.8 Å². The summed E-state index contributed by atoms with van der Waals surface area (Å²) in [7, 11) is 3.83. The van der Waals surface area contributed by atoms with Gasteiger partial charge in [-0.3, -0.25) is 9.69 Å². The number of aliphatic hydroxyl groups is 3. The van der Waals surface area contributed by atoms with E-state index in [-0.39, 0.29) is 30.0 Å². The predicted octanol–water partition coefficient (Wildman–Crippen LogP) is 4.60. The van der Waals surface area contributed by atoms with Gasteiger partial charge in [0.1, 0.15) is 6.10 Å². The van der Waals surface area contributed by atoms with E-state index in [2.05, 4.69) is 57.3 Å². The summed E-state index contributed by atoms with van der Waals surface area (Å²) < 4.78 is 13.7. The average molecular weight is 733 g/mol. The highest BCUT2D eigenvalue weighted by Crippen LogP contribution is 2.35. The van der Waals surface area contributed by atoms with E-state index < -0.39 is 42.0 Å². The fraction of sp³-hybridized carbons (Fsp3) is 0.658. The number of benzene rings is 2. The number of nitrogens with one attached hydrogen (secondary N) is 1. The predicted molar refractivity (Wildman–Crippen MR) is 192 cm³/mol. The molecule has 2 aliphatic heterocycles. The number of rotatable bonds is 7. The molecule has 2 fully saturated rings. The Morgan fingerprint density at radius 1 is 1.02 bits per heavy atom. The summed E-state index contributed by atoms with van der Waals surface area (Å²) in [5.74, 6) is -1.62. The van der Waals surface area contributed by atoms with Crippen LogP contribution in [0.2, 0.25) is 0 Å². The molecular weight excluding hydrogens is 674 g/mol. The summed E-state index contributed by atoms with van der Waals surface area (Å²) in [5, 5.41) is 38.5. The van der Waals surface area contributed by atoms with Crippen LogP contribution in [0.4, 0.5) is 0 Å². The van der Waals surface area contributed by atoms with Crippen LogP contribution in [0.1, 0.15) is 65.0 Å². The molecule has 48 heavy (non-hydrogen) atoms. The summed E-state index contributed by atoms with van der Waals surface area (Å²) in [5.41, 5.74) is 0.914.